The van der Waals surface area contributed by atoms with Gasteiger partial charge in [0, 0.05) is 45.6 Å². The van der Waals surface area contributed by atoms with E-state index >= 15 is 0 Å². The van der Waals surface area contributed by atoms with Gasteiger partial charge >= 0.3 is 5.97 Å². The lowest BCUT2D eigenvalue weighted by atomic mass is 9.93. The van der Waals surface area contributed by atoms with Gasteiger partial charge in [0.1, 0.15) is 0 Å². The molecule has 32 heavy (non-hydrogen) atoms. The fourth-order valence-electron chi connectivity index (χ4n) is 3.70. The maximum absolute atomic E-state index is 12.2. The SMILES string of the molecule is CCCCOCCCC(C(=O)O)C(CN(CCC)CCCOCCCNC)NCC(C)C. The van der Waals surface area contributed by atoms with E-state index in [0.717, 1.165) is 91.1 Å². The molecule has 7 nitrogen and oxygen atoms in total. The van der Waals surface area contributed by atoms with Crippen LogP contribution < -0.4 is 10.6 Å². The molecule has 2 atom stereocenters. The Labute approximate surface area is 198 Å². The number of carboxylic acid groups (broad SMARTS) is 1. The molecule has 0 aliphatic rings. The number of hydrogen-bond acceptors (Lipinski definition) is 6. The largest absolute Gasteiger partial charge is 0.481 e. The summed E-state index contributed by atoms with van der Waals surface area (Å²) >= 11 is 0. The zero-order chi connectivity index (χ0) is 24.0. The van der Waals surface area contributed by atoms with Crippen LogP contribution in [-0.2, 0) is 14.3 Å². The van der Waals surface area contributed by atoms with Gasteiger partial charge in [-0.1, -0.05) is 34.1 Å². The molecule has 0 bridgehead atoms. The summed E-state index contributed by atoms with van der Waals surface area (Å²) in [6.45, 7) is 16.1. The summed E-state index contributed by atoms with van der Waals surface area (Å²) in [5.74, 6) is -0.625. The number of ether oxygens (including phenoxy) is 2. The molecule has 7 heteroatoms. The van der Waals surface area contributed by atoms with Crippen LogP contribution in [0.4, 0.5) is 0 Å². The number of nitrogens with one attached hydrogen (secondary N) is 2. The van der Waals surface area contributed by atoms with Crippen molar-refractivity contribution in [3.8, 4) is 0 Å². The summed E-state index contributed by atoms with van der Waals surface area (Å²) in [7, 11) is 1.95. The van der Waals surface area contributed by atoms with Crippen molar-refractivity contribution in [2.24, 2.45) is 11.8 Å². The first-order valence-corrected chi connectivity index (χ1v) is 12.9. The van der Waals surface area contributed by atoms with Crippen molar-refractivity contribution in [2.45, 2.75) is 78.7 Å². The van der Waals surface area contributed by atoms with Crippen LogP contribution >= 0.6 is 0 Å². The number of rotatable bonds is 24. The van der Waals surface area contributed by atoms with Gasteiger partial charge in [0.2, 0.25) is 0 Å². The zero-order valence-corrected chi connectivity index (χ0v) is 21.7. The molecule has 0 aliphatic heterocycles. The molecule has 0 heterocycles. The molecule has 0 saturated heterocycles. The summed E-state index contributed by atoms with van der Waals surface area (Å²) in [6.07, 6.45) is 6.67. The van der Waals surface area contributed by atoms with E-state index in [0.29, 0.717) is 18.9 Å². The molecule has 0 aromatic carbocycles. The first-order chi connectivity index (χ1) is 15.5. The Hall–Kier alpha value is -0.730. The van der Waals surface area contributed by atoms with Crippen LogP contribution in [-0.4, -0.2) is 88.2 Å². The summed E-state index contributed by atoms with van der Waals surface area (Å²) < 4.78 is 11.4. The third-order valence-corrected chi connectivity index (χ3v) is 5.51. The highest BCUT2D eigenvalue weighted by molar-refractivity contribution is 5.70. The van der Waals surface area contributed by atoms with E-state index in [9.17, 15) is 9.90 Å². The van der Waals surface area contributed by atoms with Crippen molar-refractivity contribution in [3.05, 3.63) is 0 Å². The van der Waals surface area contributed by atoms with Gasteiger partial charge in [-0.2, -0.15) is 0 Å². The lowest BCUT2D eigenvalue weighted by Gasteiger charge is -2.32. The van der Waals surface area contributed by atoms with Crippen molar-refractivity contribution in [1.82, 2.24) is 15.5 Å². The second-order valence-electron chi connectivity index (χ2n) is 9.19. The highest BCUT2D eigenvalue weighted by Crippen LogP contribution is 2.15. The highest BCUT2D eigenvalue weighted by atomic mass is 16.5. The summed E-state index contributed by atoms with van der Waals surface area (Å²) in [6, 6.07) is -0.0614. The number of unbranched alkanes of at least 4 members (excludes halogenated alkanes) is 1. The van der Waals surface area contributed by atoms with Crippen LogP contribution in [0.15, 0.2) is 0 Å². The second-order valence-corrected chi connectivity index (χ2v) is 9.19. The summed E-state index contributed by atoms with van der Waals surface area (Å²) in [4.78, 5) is 14.6. The van der Waals surface area contributed by atoms with Crippen molar-refractivity contribution in [3.63, 3.8) is 0 Å². The van der Waals surface area contributed by atoms with E-state index in [-0.39, 0.29) is 6.04 Å². The molecule has 2 unspecified atom stereocenters. The minimum Gasteiger partial charge on any atom is -0.481 e. The van der Waals surface area contributed by atoms with Gasteiger partial charge in [-0.15, -0.1) is 0 Å². The first-order valence-electron chi connectivity index (χ1n) is 12.9. The number of hydrogen-bond donors (Lipinski definition) is 3. The van der Waals surface area contributed by atoms with Gasteiger partial charge in [0.05, 0.1) is 5.92 Å². The highest BCUT2D eigenvalue weighted by Gasteiger charge is 2.29. The molecule has 0 spiro atoms. The quantitative estimate of drug-likeness (QED) is 0.190. The number of carbonyl (C=O) groups is 1. The van der Waals surface area contributed by atoms with E-state index in [1.807, 2.05) is 7.05 Å². The van der Waals surface area contributed by atoms with Crippen LogP contribution in [0.5, 0.6) is 0 Å². The fraction of sp³-hybridized carbons (Fsp3) is 0.960. The minimum atomic E-state index is -0.705. The first kappa shape index (κ1) is 31.3. The predicted molar refractivity (Wildman–Crippen MR) is 133 cm³/mol. The zero-order valence-electron chi connectivity index (χ0n) is 21.7. The molecule has 0 aromatic rings. The van der Waals surface area contributed by atoms with Gasteiger partial charge < -0.3 is 30.1 Å². The van der Waals surface area contributed by atoms with Crippen LogP contribution in [0.2, 0.25) is 0 Å². The van der Waals surface area contributed by atoms with Crippen LogP contribution in [0.25, 0.3) is 0 Å². The average Bonchev–Trinajstić information content (AvgIpc) is 2.75. The van der Waals surface area contributed by atoms with Crippen molar-refractivity contribution >= 4 is 5.97 Å². The molecule has 0 fully saturated rings. The van der Waals surface area contributed by atoms with Crippen molar-refractivity contribution < 1.29 is 19.4 Å². The monoisotopic (exact) mass is 459 g/mol. The lowest BCUT2D eigenvalue weighted by molar-refractivity contribution is -0.143. The molecule has 3 N–H and O–H groups in total. The van der Waals surface area contributed by atoms with Crippen LogP contribution in [0.3, 0.4) is 0 Å². The summed E-state index contributed by atoms with van der Waals surface area (Å²) in [5.41, 5.74) is 0. The lowest BCUT2D eigenvalue weighted by Crippen LogP contribution is -2.49. The molecular formula is C25H53N3O4. The van der Waals surface area contributed by atoms with Crippen LogP contribution in [0, 0.1) is 11.8 Å². The second kappa shape index (κ2) is 22.1. The average molecular weight is 460 g/mol. The van der Waals surface area contributed by atoms with Crippen molar-refractivity contribution in [2.75, 3.05) is 66.2 Å². The number of nitrogens with zero attached hydrogens (tertiary/aromatic N) is 1. The van der Waals surface area contributed by atoms with Gasteiger partial charge in [-0.25, -0.2) is 0 Å². The number of carboxylic acids is 1. The third-order valence-electron chi connectivity index (χ3n) is 5.51. The molecule has 0 rings (SSSR count). The van der Waals surface area contributed by atoms with E-state index < -0.39 is 11.9 Å². The van der Waals surface area contributed by atoms with E-state index in [4.69, 9.17) is 9.47 Å². The molecule has 0 aliphatic carbocycles. The van der Waals surface area contributed by atoms with Crippen LogP contribution in [0.1, 0.15) is 72.6 Å². The smallest absolute Gasteiger partial charge is 0.308 e. The predicted octanol–water partition coefficient (Wildman–Crippen LogP) is 3.63. The number of aliphatic carboxylic acids is 1. The Morgan fingerprint density at radius 3 is 2.19 bits per heavy atom. The van der Waals surface area contributed by atoms with Gasteiger partial charge in [-0.05, 0) is 71.1 Å². The molecule has 0 radical (unpaired) electrons. The fourth-order valence-corrected chi connectivity index (χ4v) is 3.70. The Bertz CT molecular complexity index is 424. The Morgan fingerprint density at radius 2 is 1.59 bits per heavy atom. The Balaban J connectivity index is 4.77. The molecule has 0 aromatic heterocycles. The maximum Gasteiger partial charge on any atom is 0.308 e. The Kier molecular flexibility index (Phi) is 21.6. The van der Waals surface area contributed by atoms with Crippen molar-refractivity contribution in [1.29, 1.82) is 0 Å². The molecule has 0 amide bonds. The third kappa shape index (κ3) is 17.8. The molecule has 0 saturated carbocycles. The molecular weight excluding hydrogens is 406 g/mol. The topological polar surface area (TPSA) is 83.1 Å². The molecule has 192 valence electrons. The van der Waals surface area contributed by atoms with Gasteiger partial charge in [-0.3, -0.25) is 4.79 Å². The minimum absolute atomic E-state index is 0.0614. The van der Waals surface area contributed by atoms with Gasteiger partial charge in [0.15, 0.2) is 0 Å². The normalized spacial score (nSPS) is 13.7. The summed E-state index contributed by atoms with van der Waals surface area (Å²) in [5, 5.41) is 16.7. The Morgan fingerprint density at radius 1 is 0.938 bits per heavy atom. The van der Waals surface area contributed by atoms with E-state index in [1.54, 1.807) is 0 Å². The van der Waals surface area contributed by atoms with Gasteiger partial charge in [0.25, 0.3) is 0 Å². The van der Waals surface area contributed by atoms with E-state index in [2.05, 4.69) is 43.2 Å². The standard InChI is InChI=1S/C25H53N3O4/c1-6-8-16-31-17-9-12-23(25(29)30)24(27-20-22(3)4)21-28(14-7-2)15-11-19-32-18-10-13-26-5/h22-24,26-27H,6-21H2,1-5H3,(H,29,30). The van der Waals surface area contributed by atoms with E-state index in [1.165, 1.54) is 0 Å². The maximum atomic E-state index is 12.2.